The van der Waals surface area contributed by atoms with Crippen LogP contribution in [0.3, 0.4) is 0 Å². The number of aliphatic imine (C=N–C) groups is 1. The maximum atomic E-state index is 6.00. The molecule has 0 bridgehead atoms. The van der Waals surface area contributed by atoms with E-state index in [1.165, 1.54) is 31.0 Å². The van der Waals surface area contributed by atoms with E-state index in [1.807, 2.05) is 24.5 Å². The zero-order valence-corrected chi connectivity index (χ0v) is 25.4. The van der Waals surface area contributed by atoms with Crippen molar-refractivity contribution in [2.45, 2.75) is 25.9 Å². The Hall–Kier alpha value is -2.43. The van der Waals surface area contributed by atoms with Gasteiger partial charge in [-0.05, 0) is 0 Å². The van der Waals surface area contributed by atoms with Crippen molar-refractivity contribution in [1.82, 2.24) is 10.2 Å². The number of hydrogen-bond acceptors (Lipinski definition) is 2. The first-order chi connectivity index (χ1) is 16.5. The van der Waals surface area contributed by atoms with Crippen molar-refractivity contribution in [3.05, 3.63) is 122 Å². The fourth-order valence-corrected chi connectivity index (χ4v) is 5.62. The zero-order chi connectivity index (χ0) is 23.9. The van der Waals surface area contributed by atoms with E-state index in [9.17, 15) is 0 Å². The third kappa shape index (κ3) is 6.37. The molecule has 0 aliphatic carbocycles. The quantitative estimate of drug-likeness (QED) is 0.222. The van der Waals surface area contributed by atoms with Crippen molar-refractivity contribution < 1.29 is 26.1 Å². The SMILES string of the molecule is [B]c1ccc(CN2CCC(NC=NC(c3ccccc3)c3ccccc3)=C([C](=C)[Hg])C2)cc1C. The van der Waals surface area contributed by atoms with E-state index in [0.717, 1.165) is 37.1 Å². The van der Waals surface area contributed by atoms with Crippen molar-refractivity contribution in [2.24, 2.45) is 4.99 Å². The van der Waals surface area contributed by atoms with Crippen LogP contribution in [-0.2, 0) is 32.7 Å². The Balaban J connectivity index is 1.49. The average Bonchev–Trinajstić information content (AvgIpc) is 2.86. The molecule has 4 rings (SSSR count). The Labute approximate surface area is 221 Å². The molecule has 0 saturated heterocycles. The third-order valence-corrected chi connectivity index (χ3v) is 7.94. The predicted octanol–water partition coefficient (Wildman–Crippen LogP) is 4.72. The first kappa shape index (κ1) is 24.7. The van der Waals surface area contributed by atoms with Gasteiger partial charge in [-0.2, -0.15) is 0 Å². The van der Waals surface area contributed by atoms with Crippen LogP contribution in [0.2, 0.25) is 0 Å². The van der Waals surface area contributed by atoms with Crippen molar-refractivity contribution >= 4 is 19.6 Å². The molecule has 0 spiro atoms. The molecule has 0 fully saturated rings. The summed E-state index contributed by atoms with van der Waals surface area (Å²) < 4.78 is 1.29. The molecule has 1 heterocycles. The average molecular weight is 631 g/mol. The minimum absolute atomic E-state index is 0.0317. The van der Waals surface area contributed by atoms with Crippen LogP contribution in [0.4, 0.5) is 0 Å². The van der Waals surface area contributed by atoms with E-state index >= 15 is 0 Å². The topological polar surface area (TPSA) is 27.6 Å². The van der Waals surface area contributed by atoms with Gasteiger partial charge in [0.05, 0.1) is 0 Å². The molecule has 1 aliphatic rings. The molecule has 165 valence electrons. The molecule has 0 aromatic heterocycles. The summed E-state index contributed by atoms with van der Waals surface area (Å²) in [5.74, 6) is 0. The summed E-state index contributed by atoms with van der Waals surface area (Å²) in [6.07, 6.45) is 2.85. The van der Waals surface area contributed by atoms with Crippen LogP contribution >= 0.6 is 0 Å². The molecule has 1 aliphatic heterocycles. The van der Waals surface area contributed by atoms with E-state index in [0.29, 0.717) is 26.1 Å². The van der Waals surface area contributed by atoms with Crippen LogP contribution in [0.1, 0.15) is 34.7 Å². The summed E-state index contributed by atoms with van der Waals surface area (Å²) in [6.45, 7) is 9.26. The molecule has 3 aromatic rings. The normalized spacial score (nSPS) is 14.7. The summed E-state index contributed by atoms with van der Waals surface area (Å²) in [4.78, 5) is 7.44. The van der Waals surface area contributed by atoms with Gasteiger partial charge >= 0.3 is 222 Å². The Kier molecular flexibility index (Phi) is 8.58. The fourth-order valence-electron chi connectivity index (χ4n) is 4.36. The van der Waals surface area contributed by atoms with Crippen LogP contribution in [-0.4, -0.2) is 32.2 Å². The number of aryl methyl sites for hydroxylation is 1. The summed E-state index contributed by atoms with van der Waals surface area (Å²) in [5, 5.41) is 3.54. The number of nitrogens with one attached hydrogen (secondary N) is 1. The monoisotopic (exact) mass is 632 g/mol. The molecular weight excluding hydrogens is 602 g/mol. The van der Waals surface area contributed by atoms with Crippen LogP contribution in [0.15, 0.2) is 105 Å². The van der Waals surface area contributed by atoms with Crippen molar-refractivity contribution in [2.75, 3.05) is 13.1 Å². The van der Waals surface area contributed by atoms with Gasteiger partial charge in [-0.15, -0.1) is 0 Å². The van der Waals surface area contributed by atoms with Crippen LogP contribution in [0.5, 0.6) is 0 Å². The van der Waals surface area contributed by atoms with Crippen molar-refractivity contribution in [1.29, 1.82) is 0 Å². The molecule has 3 aromatic carbocycles. The van der Waals surface area contributed by atoms with Gasteiger partial charge < -0.3 is 0 Å². The van der Waals surface area contributed by atoms with Crippen LogP contribution in [0.25, 0.3) is 0 Å². The van der Waals surface area contributed by atoms with Gasteiger partial charge in [-0.25, -0.2) is 0 Å². The van der Waals surface area contributed by atoms with Gasteiger partial charge in [0, 0.05) is 0 Å². The fraction of sp³-hybridized carbons (Fsp3) is 0.207. The predicted molar refractivity (Wildman–Crippen MR) is 139 cm³/mol. The van der Waals surface area contributed by atoms with E-state index in [1.54, 1.807) is 0 Å². The summed E-state index contributed by atoms with van der Waals surface area (Å²) in [6, 6.07) is 27.2. The van der Waals surface area contributed by atoms with Crippen LogP contribution < -0.4 is 10.8 Å². The Morgan fingerprint density at radius 1 is 1.09 bits per heavy atom. The van der Waals surface area contributed by atoms with Gasteiger partial charge in [0.25, 0.3) is 0 Å². The van der Waals surface area contributed by atoms with Gasteiger partial charge in [0.1, 0.15) is 0 Å². The minimum atomic E-state index is -0.0317. The maximum absolute atomic E-state index is 6.00. The number of nitrogens with zero attached hydrogens (tertiary/aromatic N) is 2. The Morgan fingerprint density at radius 3 is 2.32 bits per heavy atom. The van der Waals surface area contributed by atoms with Gasteiger partial charge in [-0.3, -0.25) is 0 Å². The molecule has 0 amide bonds. The Morgan fingerprint density at radius 2 is 1.74 bits per heavy atom. The number of rotatable bonds is 8. The first-order valence-electron chi connectivity index (χ1n) is 11.7. The molecule has 1 N–H and O–H groups in total. The molecule has 0 atom stereocenters. The number of benzene rings is 3. The molecule has 34 heavy (non-hydrogen) atoms. The first-order valence-corrected chi connectivity index (χ1v) is 14.4. The third-order valence-electron chi connectivity index (χ3n) is 6.28. The second-order valence-electron chi connectivity index (χ2n) is 8.86. The zero-order valence-electron chi connectivity index (χ0n) is 19.9. The van der Waals surface area contributed by atoms with E-state index in [4.69, 9.17) is 12.8 Å². The molecule has 0 unspecified atom stereocenters. The van der Waals surface area contributed by atoms with Gasteiger partial charge in [0.15, 0.2) is 0 Å². The van der Waals surface area contributed by atoms with E-state index < -0.39 is 0 Å². The van der Waals surface area contributed by atoms with Crippen molar-refractivity contribution in [3.63, 3.8) is 0 Å². The molecule has 5 heteroatoms. The number of hydrogen-bond donors (Lipinski definition) is 1. The summed E-state index contributed by atoms with van der Waals surface area (Å²) >= 11 is 0.488. The Bertz CT molecular complexity index is 1150. The molecule has 0 saturated carbocycles. The molecular formula is C29H29BHgN3. The van der Waals surface area contributed by atoms with Gasteiger partial charge in [-0.1, -0.05) is 0 Å². The second-order valence-corrected chi connectivity index (χ2v) is 12.2. The van der Waals surface area contributed by atoms with E-state index in [-0.39, 0.29) is 6.04 Å². The molecule has 3 nitrogen and oxygen atoms in total. The van der Waals surface area contributed by atoms with Crippen LogP contribution in [0, 0.1) is 6.92 Å². The standard InChI is InChI=1S/C29H29BN3.Hg/c1-3-24-20-33(19-23-14-15-27(30)22(2)18-23)17-16-28(24)31-21-32-29(25-10-6-4-7-11-25)26-12-8-5-9-13-26;/h4-15,18,21,29H,1,16-17,19-20H2,2H3,(H,31,32);. The summed E-state index contributed by atoms with van der Waals surface area (Å²) in [7, 11) is 6.00. The van der Waals surface area contributed by atoms with Gasteiger partial charge in [0.2, 0.25) is 0 Å². The molecule has 2 radical (unpaired) electrons. The summed E-state index contributed by atoms with van der Waals surface area (Å²) in [5.41, 5.74) is 8.28. The van der Waals surface area contributed by atoms with E-state index in [2.05, 4.69) is 84.4 Å². The van der Waals surface area contributed by atoms with Crippen molar-refractivity contribution in [3.8, 4) is 0 Å². The second kappa shape index (κ2) is 11.8.